The predicted octanol–water partition coefficient (Wildman–Crippen LogP) is 3.76. The van der Waals surface area contributed by atoms with E-state index >= 15 is 0 Å². The minimum atomic E-state index is -0.426. The number of nitrogens with one attached hydrogen (secondary N) is 1. The molecule has 126 valence electrons. The van der Waals surface area contributed by atoms with Crippen LogP contribution >= 0.6 is 11.6 Å². The lowest BCUT2D eigenvalue weighted by Crippen LogP contribution is -2.20. The third kappa shape index (κ3) is 4.49. The Labute approximate surface area is 145 Å². The van der Waals surface area contributed by atoms with Crippen LogP contribution in [0.3, 0.4) is 0 Å². The van der Waals surface area contributed by atoms with Crippen LogP contribution in [0, 0.1) is 13.8 Å². The van der Waals surface area contributed by atoms with Gasteiger partial charge in [0.05, 0.1) is 12.7 Å². The minimum Gasteiger partial charge on any atom is -0.484 e. The molecule has 0 heterocycles. The zero-order valence-corrected chi connectivity index (χ0v) is 14.4. The fourth-order valence-electron chi connectivity index (χ4n) is 2.14. The molecule has 0 unspecified atom stereocenters. The van der Waals surface area contributed by atoms with Gasteiger partial charge in [0.2, 0.25) is 0 Å². The van der Waals surface area contributed by atoms with Gasteiger partial charge >= 0.3 is 5.97 Å². The Morgan fingerprint density at radius 1 is 1.08 bits per heavy atom. The van der Waals surface area contributed by atoms with Gasteiger partial charge in [-0.1, -0.05) is 11.6 Å². The summed E-state index contributed by atoms with van der Waals surface area (Å²) in [5, 5.41) is 3.39. The van der Waals surface area contributed by atoms with E-state index < -0.39 is 5.97 Å². The van der Waals surface area contributed by atoms with E-state index in [-0.39, 0.29) is 12.5 Å². The zero-order chi connectivity index (χ0) is 17.7. The SMILES string of the molecule is COC(=O)c1ccc(NC(=O)COc2cc(C)c(Cl)c(C)c2)cc1. The normalized spacial score (nSPS) is 10.2. The molecule has 24 heavy (non-hydrogen) atoms. The molecule has 0 aliphatic rings. The van der Waals surface area contributed by atoms with Gasteiger partial charge in [-0.3, -0.25) is 4.79 Å². The topological polar surface area (TPSA) is 64.6 Å². The molecule has 1 N–H and O–H groups in total. The maximum absolute atomic E-state index is 11.9. The fourth-order valence-corrected chi connectivity index (χ4v) is 2.25. The number of benzene rings is 2. The van der Waals surface area contributed by atoms with Crippen LogP contribution in [0.5, 0.6) is 5.75 Å². The second kappa shape index (κ2) is 7.84. The maximum Gasteiger partial charge on any atom is 0.337 e. The highest BCUT2D eigenvalue weighted by atomic mass is 35.5. The highest BCUT2D eigenvalue weighted by molar-refractivity contribution is 6.32. The van der Waals surface area contributed by atoms with Gasteiger partial charge in [0, 0.05) is 10.7 Å². The van der Waals surface area contributed by atoms with Gasteiger partial charge in [-0.2, -0.15) is 0 Å². The van der Waals surface area contributed by atoms with Crippen molar-refractivity contribution < 1.29 is 19.1 Å². The van der Waals surface area contributed by atoms with Gasteiger partial charge in [0.1, 0.15) is 5.75 Å². The molecule has 2 aromatic carbocycles. The lowest BCUT2D eigenvalue weighted by molar-refractivity contribution is -0.118. The quantitative estimate of drug-likeness (QED) is 0.836. The number of ether oxygens (including phenoxy) is 2. The Hall–Kier alpha value is -2.53. The van der Waals surface area contributed by atoms with Crippen molar-refractivity contribution in [3.63, 3.8) is 0 Å². The zero-order valence-electron chi connectivity index (χ0n) is 13.7. The summed E-state index contributed by atoms with van der Waals surface area (Å²) in [4.78, 5) is 23.3. The monoisotopic (exact) mass is 347 g/mol. The molecule has 0 saturated heterocycles. The van der Waals surface area contributed by atoms with Crippen LogP contribution in [-0.2, 0) is 9.53 Å². The standard InChI is InChI=1S/C18H18ClNO4/c1-11-8-15(9-12(2)17(11)19)24-10-16(21)20-14-6-4-13(5-7-14)18(22)23-3/h4-9H,10H2,1-3H3,(H,20,21). The molecule has 0 fully saturated rings. The van der Waals surface area contributed by atoms with Crippen molar-refractivity contribution >= 4 is 29.2 Å². The van der Waals surface area contributed by atoms with E-state index in [0.717, 1.165) is 11.1 Å². The number of aryl methyl sites for hydroxylation is 2. The molecule has 0 aliphatic carbocycles. The molecule has 2 aromatic rings. The third-order valence-corrected chi connectivity index (χ3v) is 3.97. The number of halogens is 1. The van der Waals surface area contributed by atoms with E-state index in [2.05, 4.69) is 10.1 Å². The summed E-state index contributed by atoms with van der Waals surface area (Å²) in [6, 6.07) is 9.98. The Balaban J connectivity index is 1.93. The molecular formula is C18H18ClNO4. The number of methoxy groups -OCH3 is 1. The first-order chi connectivity index (χ1) is 11.4. The molecule has 1 amide bonds. The number of hydrogen-bond acceptors (Lipinski definition) is 4. The first-order valence-electron chi connectivity index (χ1n) is 7.28. The highest BCUT2D eigenvalue weighted by Gasteiger charge is 2.08. The second-order valence-corrected chi connectivity index (χ2v) is 5.65. The summed E-state index contributed by atoms with van der Waals surface area (Å²) in [6.45, 7) is 3.63. The second-order valence-electron chi connectivity index (χ2n) is 5.28. The van der Waals surface area contributed by atoms with Crippen molar-refractivity contribution in [2.75, 3.05) is 19.0 Å². The van der Waals surface area contributed by atoms with Crippen molar-refractivity contribution in [1.29, 1.82) is 0 Å². The smallest absolute Gasteiger partial charge is 0.337 e. The van der Waals surface area contributed by atoms with E-state index in [0.29, 0.717) is 22.0 Å². The molecule has 0 aromatic heterocycles. The van der Waals surface area contributed by atoms with Crippen molar-refractivity contribution in [2.45, 2.75) is 13.8 Å². The van der Waals surface area contributed by atoms with Gasteiger partial charge in [-0.15, -0.1) is 0 Å². The maximum atomic E-state index is 11.9. The molecule has 5 nitrogen and oxygen atoms in total. The average Bonchev–Trinajstić information content (AvgIpc) is 2.57. The van der Waals surface area contributed by atoms with Crippen LogP contribution < -0.4 is 10.1 Å². The molecule has 6 heteroatoms. The molecule has 2 rings (SSSR count). The van der Waals surface area contributed by atoms with Crippen molar-refractivity contribution in [3.8, 4) is 5.75 Å². The number of carbonyl (C=O) groups excluding carboxylic acids is 2. The number of hydrogen-bond donors (Lipinski definition) is 1. The molecule has 0 atom stereocenters. The fraction of sp³-hybridized carbons (Fsp3) is 0.222. The molecule has 0 bridgehead atoms. The van der Waals surface area contributed by atoms with Gasteiger partial charge in [0.25, 0.3) is 5.91 Å². The lowest BCUT2D eigenvalue weighted by Gasteiger charge is -2.10. The number of esters is 1. The van der Waals surface area contributed by atoms with Crippen LogP contribution in [0.15, 0.2) is 36.4 Å². The molecule has 0 aliphatic heterocycles. The number of anilines is 1. The summed E-state index contributed by atoms with van der Waals surface area (Å²) < 4.78 is 10.1. The summed E-state index contributed by atoms with van der Waals surface area (Å²) in [6.07, 6.45) is 0. The Bertz CT molecular complexity index is 733. The first kappa shape index (κ1) is 17.8. The van der Waals surface area contributed by atoms with Gasteiger partial charge < -0.3 is 14.8 Å². The highest BCUT2D eigenvalue weighted by Crippen LogP contribution is 2.25. The van der Waals surface area contributed by atoms with Crippen LogP contribution in [0.2, 0.25) is 5.02 Å². The van der Waals surface area contributed by atoms with E-state index in [1.807, 2.05) is 13.8 Å². The Morgan fingerprint density at radius 2 is 1.67 bits per heavy atom. The first-order valence-corrected chi connectivity index (χ1v) is 7.66. The molecule has 0 radical (unpaired) electrons. The summed E-state index contributed by atoms with van der Waals surface area (Å²) in [7, 11) is 1.32. The van der Waals surface area contributed by atoms with E-state index in [1.165, 1.54) is 7.11 Å². The predicted molar refractivity (Wildman–Crippen MR) is 92.8 cm³/mol. The van der Waals surface area contributed by atoms with Crippen molar-refractivity contribution in [3.05, 3.63) is 58.1 Å². The van der Waals surface area contributed by atoms with Crippen LogP contribution in [0.25, 0.3) is 0 Å². The summed E-state index contributed by atoms with van der Waals surface area (Å²) in [5.74, 6) is -0.138. The Morgan fingerprint density at radius 3 is 2.21 bits per heavy atom. The summed E-state index contributed by atoms with van der Waals surface area (Å²) in [5.41, 5.74) is 2.77. The molecule has 0 saturated carbocycles. The van der Waals surface area contributed by atoms with Crippen LogP contribution in [0.4, 0.5) is 5.69 Å². The van der Waals surface area contributed by atoms with Crippen molar-refractivity contribution in [1.82, 2.24) is 0 Å². The third-order valence-electron chi connectivity index (χ3n) is 3.37. The van der Waals surface area contributed by atoms with Gasteiger partial charge in [-0.05, 0) is 61.4 Å². The van der Waals surface area contributed by atoms with E-state index in [9.17, 15) is 9.59 Å². The number of rotatable bonds is 5. The lowest BCUT2D eigenvalue weighted by atomic mass is 10.1. The molecule has 0 spiro atoms. The Kier molecular flexibility index (Phi) is 5.82. The van der Waals surface area contributed by atoms with Crippen molar-refractivity contribution in [2.24, 2.45) is 0 Å². The number of carbonyl (C=O) groups is 2. The number of amides is 1. The van der Waals surface area contributed by atoms with Crippen LogP contribution in [-0.4, -0.2) is 25.6 Å². The molecular weight excluding hydrogens is 330 g/mol. The average molecular weight is 348 g/mol. The minimum absolute atomic E-state index is 0.126. The largest absolute Gasteiger partial charge is 0.484 e. The summed E-state index contributed by atoms with van der Waals surface area (Å²) >= 11 is 6.10. The van der Waals surface area contributed by atoms with Crippen LogP contribution in [0.1, 0.15) is 21.5 Å². The van der Waals surface area contributed by atoms with Gasteiger partial charge in [0.15, 0.2) is 6.61 Å². The van der Waals surface area contributed by atoms with E-state index in [1.54, 1.807) is 36.4 Å². The van der Waals surface area contributed by atoms with Gasteiger partial charge in [-0.25, -0.2) is 4.79 Å². The van der Waals surface area contributed by atoms with E-state index in [4.69, 9.17) is 16.3 Å².